The Morgan fingerprint density at radius 3 is 2.35 bits per heavy atom. The van der Waals surface area contributed by atoms with Crippen molar-refractivity contribution in [2.75, 3.05) is 26.2 Å². The van der Waals surface area contributed by atoms with E-state index in [0.29, 0.717) is 0 Å². The summed E-state index contributed by atoms with van der Waals surface area (Å²) >= 11 is 0. The molecule has 2 nitrogen and oxygen atoms in total. The van der Waals surface area contributed by atoms with Gasteiger partial charge in [-0.2, -0.15) is 0 Å². The molecular weight excluding hydrogens is 244 g/mol. The van der Waals surface area contributed by atoms with Gasteiger partial charge in [-0.15, -0.1) is 0 Å². The third-order valence-corrected chi connectivity index (χ3v) is 5.32. The molecule has 1 aliphatic rings. The lowest BCUT2D eigenvalue weighted by Gasteiger charge is -2.39. The normalized spacial score (nSPS) is 27.4. The second-order valence-electron chi connectivity index (χ2n) is 6.88. The standard InChI is InChI=1S/C18H38N2/c1-6-16(7-2)13-20(9-4)14-17-12-15(5)10-11-18(17)19-8-3/h15-19H,6-14H2,1-5H3. The molecule has 0 aromatic heterocycles. The van der Waals surface area contributed by atoms with Crippen molar-refractivity contribution in [3.05, 3.63) is 0 Å². The maximum atomic E-state index is 3.74. The highest BCUT2D eigenvalue weighted by atomic mass is 15.1. The lowest BCUT2D eigenvalue weighted by atomic mass is 9.78. The molecule has 0 aliphatic heterocycles. The minimum Gasteiger partial charge on any atom is -0.314 e. The maximum absolute atomic E-state index is 3.74. The first-order chi connectivity index (χ1) is 9.64. The zero-order valence-electron chi connectivity index (χ0n) is 14.6. The zero-order valence-corrected chi connectivity index (χ0v) is 14.6. The summed E-state index contributed by atoms with van der Waals surface area (Å²) < 4.78 is 0. The Bertz CT molecular complexity index is 238. The molecule has 0 amide bonds. The first-order valence-electron chi connectivity index (χ1n) is 9.10. The molecule has 120 valence electrons. The van der Waals surface area contributed by atoms with E-state index in [1.165, 1.54) is 51.7 Å². The van der Waals surface area contributed by atoms with Gasteiger partial charge in [-0.25, -0.2) is 0 Å². The fourth-order valence-electron chi connectivity index (χ4n) is 3.81. The van der Waals surface area contributed by atoms with Gasteiger partial charge >= 0.3 is 0 Å². The average molecular weight is 283 g/mol. The molecule has 0 heterocycles. The van der Waals surface area contributed by atoms with Gasteiger partial charge in [-0.3, -0.25) is 0 Å². The molecular formula is C18H38N2. The molecule has 3 unspecified atom stereocenters. The van der Waals surface area contributed by atoms with Gasteiger partial charge in [0, 0.05) is 19.1 Å². The quantitative estimate of drug-likeness (QED) is 0.683. The van der Waals surface area contributed by atoms with Gasteiger partial charge in [0.05, 0.1) is 0 Å². The molecule has 0 radical (unpaired) electrons. The first-order valence-corrected chi connectivity index (χ1v) is 9.10. The van der Waals surface area contributed by atoms with Gasteiger partial charge in [0.1, 0.15) is 0 Å². The van der Waals surface area contributed by atoms with Crippen molar-refractivity contribution in [2.24, 2.45) is 17.8 Å². The maximum Gasteiger partial charge on any atom is 0.0108 e. The molecule has 1 fully saturated rings. The van der Waals surface area contributed by atoms with Crippen LogP contribution in [0.3, 0.4) is 0 Å². The average Bonchev–Trinajstić information content (AvgIpc) is 2.46. The summed E-state index contributed by atoms with van der Waals surface area (Å²) in [4.78, 5) is 2.71. The first kappa shape index (κ1) is 18.0. The predicted octanol–water partition coefficient (Wildman–Crippen LogP) is 4.16. The molecule has 0 aromatic rings. The predicted molar refractivity (Wildman–Crippen MR) is 90.2 cm³/mol. The number of nitrogens with one attached hydrogen (secondary N) is 1. The van der Waals surface area contributed by atoms with Gasteiger partial charge in [0.2, 0.25) is 0 Å². The number of nitrogens with zero attached hydrogens (tertiary/aromatic N) is 1. The molecule has 0 bridgehead atoms. The van der Waals surface area contributed by atoms with Crippen molar-refractivity contribution in [3.8, 4) is 0 Å². The van der Waals surface area contributed by atoms with Crippen molar-refractivity contribution in [1.29, 1.82) is 0 Å². The molecule has 0 aromatic carbocycles. The van der Waals surface area contributed by atoms with E-state index in [-0.39, 0.29) is 0 Å². The van der Waals surface area contributed by atoms with Crippen LogP contribution >= 0.6 is 0 Å². The molecule has 3 atom stereocenters. The Kier molecular flexibility index (Phi) is 8.79. The van der Waals surface area contributed by atoms with E-state index < -0.39 is 0 Å². The summed E-state index contributed by atoms with van der Waals surface area (Å²) in [5, 5.41) is 3.74. The van der Waals surface area contributed by atoms with Gasteiger partial charge in [-0.1, -0.05) is 47.5 Å². The van der Waals surface area contributed by atoms with Crippen LogP contribution in [0.15, 0.2) is 0 Å². The summed E-state index contributed by atoms with van der Waals surface area (Å²) in [5.41, 5.74) is 0. The van der Waals surface area contributed by atoms with Crippen molar-refractivity contribution >= 4 is 0 Å². The smallest absolute Gasteiger partial charge is 0.0108 e. The van der Waals surface area contributed by atoms with E-state index in [9.17, 15) is 0 Å². The molecule has 20 heavy (non-hydrogen) atoms. The van der Waals surface area contributed by atoms with E-state index in [4.69, 9.17) is 0 Å². The summed E-state index contributed by atoms with van der Waals surface area (Å²) in [6.07, 6.45) is 6.85. The summed E-state index contributed by atoms with van der Waals surface area (Å²) in [6, 6.07) is 0.756. The van der Waals surface area contributed by atoms with Gasteiger partial charge in [0.25, 0.3) is 0 Å². The van der Waals surface area contributed by atoms with E-state index in [0.717, 1.165) is 30.3 Å². The Morgan fingerprint density at radius 1 is 1.10 bits per heavy atom. The lowest BCUT2D eigenvalue weighted by Crippen LogP contribution is -2.46. The van der Waals surface area contributed by atoms with E-state index >= 15 is 0 Å². The van der Waals surface area contributed by atoms with Crippen molar-refractivity contribution in [3.63, 3.8) is 0 Å². The number of hydrogen-bond acceptors (Lipinski definition) is 2. The van der Waals surface area contributed by atoms with Crippen LogP contribution in [0.2, 0.25) is 0 Å². The van der Waals surface area contributed by atoms with Crippen molar-refractivity contribution in [1.82, 2.24) is 10.2 Å². The minimum absolute atomic E-state index is 0.756. The van der Waals surface area contributed by atoms with Crippen LogP contribution in [0.1, 0.15) is 66.7 Å². The van der Waals surface area contributed by atoms with Gasteiger partial charge in [0.15, 0.2) is 0 Å². The Balaban J connectivity index is 2.55. The van der Waals surface area contributed by atoms with Crippen LogP contribution in [0.4, 0.5) is 0 Å². The van der Waals surface area contributed by atoms with Crippen LogP contribution in [-0.2, 0) is 0 Å². The molecule has 2 heteroatoms. The monoisotopic (exact) mass is 282 g/mol. The number of rotatable bonds is 9. The SMILES string of the molecule is CCNC1CCC(C)CC1CN(CC)CC(CC)CC. The zero-order chi connectivity index (χ0) is 15.0. The van der Waals surface area contributed by atoms with Crippen molar-refractivity contribution in [2.45, 2.75) is 72.8 Å². The molecule has 1 N–H and O–H groups in total. The highest BCUT2D eigenvalue weighted by molar-refractivity contribution is 4.85. The van der Waals surface area contributed by atoms with E-state index in [2.05, 4.69) is 44.8 Å². The molecule has 0 saturated heterocycles. The second kappa shape index (κ2) is 9.78. The second-order valence-corrected chi connectivity index (χ2v) is 6.88. The third kappa shape index (κ3) is 5.73. The van der Waals surface area contributed by atoms with Gasteiger partial charge < -0.3 is 10.2 Å². The third-order valence-electron chi connectivity index (χ3n) is 5.32. The fraction of sp³-hybridized carbons (Fsp3) is 1.00. The van der Waals surface area contributed by atoms with E-state index in [1.54, 1.807) is 0 Å². The summed E-state index contributed by atoms with van der Waals surface area (Å²) in [5.74, 6) is 2.66. The Labute approximate surface area is 127 Å². The van der Waals surface area contributed by atoms with E-state index in [1.807, 2.05) is 0 Å². The van der Waals surface area contributed by atoms with Crippen LogP contribution in [-0.4, -0.2) is 37.1 Å². The van der Waals surface area contributed by atoms with Crippen molar-refractivity contribution < 1.29 is 0 Å². The highest BCUT2D eigenvalue weighted by Gasteiger charge is 2.29. The fourth-order valence-corrected chi connectivity index (χ4v) is 3.81. The highest BCUT2D eigenvalue weighted by Crippen LogP contribution is 2.30. The van der Waals surface area contributed by atoms with Crippen LogP contribution in [0, 0.1) is 17.8 Å². The Morgan fingerprint density at radius 2 is 1.80 bits per heavy atom. The number of hydrogen-bond donors (Lipinski definition) is 1. The molecule has 1 rings (SSSR count). The van der Waals surface area contributed by atoms with Crippen LogP contribution < -0.4 is 5.32 Å². The lowest BCUT2D eigenvalue weighted by molar-refractivity contribution is 0.134. The molecule has 1 saturated carbocycles. The molecule has 1 aliphatic carbocycles. The Hall–Kier alpha value is -0.0800. The summed E-state index contributed by atoms with van der Waals surface area (Å²) in [7, 11) is 0. The largest absolute Gasteiger partial charge is 0.314 e. The van der Waals surface area contributed by atoms with Crippen LogP contribution in [0.5, 0.6) is 0 Å². The molecule has 0 spiro atoms. The van der Waals surface area contributed by atoms with Gasteiger partial charge in [-0.05, 0) is 50.1 Å². The van der Waals surface area contributed by atoms with Crippen LogP contribution in [0.25, 0.3) is 0 Å². The summed E-state index contributed by atoms with van der Waals surface area (Å²) in [6.45, 7) is 16.6. The minimum atomic E-state index is 0.756. The topological polar surface area (TPSA) is 15.3 Å².